The Morgan fingerprint density at radius 2 is 2.00 bits per heavy atom. The monoisotopic (exact) mass is 273 g/mol. The molecule has 2 heterocycles. The molecule has 0 bridgehead atoms. The van der Waals surface area contributed by atoms with Gasteiger partial charge in [-0.3, -0.25) is 9.97 Å². The lowest BCUT2D eigenvalue weighted by Gasteiger charge is -2.08. The minimum atomic E-state index is 0.385. The molecule has 0 atom stereocenters. The van der Waals surface area contributed by atoms with Crippen LogP contribution in [0.4, 0.5) is 0 Å². The van der Waals surface area contributed by atoms with E-state index in [0.29, 0.717) is 18.9 Å². The van der Waals surface area contributed by atoms with Gasteiger partial charge in [-0.05, 0) is 25.6 Å². The molecule has 0 aromatic carbocycles. The van der Waals surface area contributed by atoms with Gasteiger partial charge in [0.05, 0.1) is 19.0 Å². The molecule has 2 rings (SSSR count). The van der Waals surface area contributed by atoms with Crippen LogP contribution in [0.3, 0.4) is 0 Å². The van der Waals surface area contributed by atoms with Crippen molar-refractivity contribution < 1.29 is 9.47 Å². The predicted molar refractivity (Wildman–Crippen MR) is 76.9 cm³/mol. The van der Waals surface area contributed by atoms with Crippen LogP contribution in [0.1, 0.15) is 17.1 Å². The molecule has 0 aliphatic rings. The molecule has 2 aromatic rings. The molecule has 0 spiro atoms. The van der Waals surface area contributed by atoms with Crippen LogP contribution in [-0.4, -0.2) is 23.6 Å². The van der Waals surface area contributed by atoms with Crippen LogP contribution in [0.2, 0.25) is 0 Å². The number of nitrogens with two attached hydrogens (primary N) is 1. The summed E-state index contributed by atoms with van der Waals surface area (Å²) in [5.41, 5.74) is 8.18. The molecular formula is C15H19N3O2. The molecule has 0 saturated carbocycles. The first-order chi connectivity index (χ1) is 9.71. The summed E-state index contributed by atoms with van der Waals surface area (Å²) >= 11 is 0. The van der Waals surface area contributed by atoms with E-state index in [1.165, 1.54) is 0 Å². The third-order valence-corrected chi connectivity index (χ3v) is 2.80. The zero-order valence-electron chi connectivity index (χ0n) is 11.8. The van der Waals surface area contributed by atoms with E-state index < -0.39 is 0 Å². The third kappa shape index (κ3) is 3.93. The largest absolute Gasteiger partial charge is 0.497 e. The van der Waals surface area contributed by atoms with Crippen molar-refractivity contribution in [3.05, 3.63) is 47.5 Å². The quantitative estimate of drug-likeness (QED) is 0.870. The molecule has 0 amide bonds. The van der Waals surface area contributed by atoms with E-state index in [0.717, 1.165) is 29.3 Å². The van der Waals surface area contributed by atoms with Gasteiger partial charge in [0, 0.05) is 29.9 Å². The second-order valence-electron chi connectivity index (χ2n) is 4.45. The second kappa shape index (κ2) is 6.86. The van der Waals surface area contributed by atoms with Gasteiger partial charge in [-0.15, -0.1) is 0 Å². The Morgan fingerprint density at radius 3 is 2.65 bits per heavy atom. The fourth-order valence-electron chi connectivity index (χ4n) is 1.84. The van der Waals surface area contributed by atoms with Crippen molar-refractivity contribution in [2.45, 2.75) is 20.0 Å². The van der Waals surface area contributed by atoms with E-state index in [1.807, 2.05) is 31.2 Å². The average molecular weight is 273 g/mol. The van der Waals surface area contributed by atoms with E-state index >= 15 is 0 Å². The summed E-state index contributed by atoms with van der Waals surface area (Å²) in [5, 5.41) is 0. The molecule has 0 fully saturated rings. The average Bonchev–Trinajstić information content (AvgIpc) is 2.46. The maximum Gasteiger partial charge on any atom is 0.138 e. The molecule has 0 saturated heterocycles. The molecule has 2 N–H and O–H groups in total. The molecule has 106 valence electrons. The Morgan fingerprint density at radius 1 is 1.15 bits per heavy atom. The van der Waals surface area contributed by atoms with Crippen LogP contribution in [0.15, 0.2) is 30.5 Å². The summed E-state index contributed by atoms with van der Waals surface area (Å²) in [4.78, 5) is 8.68. The first-order valence-corrected chi connectivity index (χ1v) is 6.50. The number of methoxy groups -OCH3 is 1. The van der Waals surface area contributed by atoms with E-state index in [9.17, 15) is 0 Å². The molecule has 5 nitrogen and oxygen atoms in total. The minimum absolute atomic E-state index is 0.385. The Balaban J connectivity index is 1.99. The fourth-order valence-corrected chi connectivity index (χ4v) is 1.84. The number of nitrogens with zero attached hydrogens (tertiary/aromatic N) is 2. The van der Waals surface area contributed by atoms with Gasteiger partial charge >= 0.3 is 0 Å². The van der Waals surface area contributed by atoms with E-state index in [-0.39, 0.29) is 0 Å². The number of hydrogen-bond acceptors (Lipinski definition) is 5. The Bertz CT molecular complexity index is 556. The van der Waals surface area contributed by atoms with Crippen molar-refractivity contribution in [3.63, 3.8) is 0 Å². The van der Waals surface area contributed by atoms with Gasteiger partial charge < -0.3 is 15.2 Å². The summed E-state index contributed by atoms with van der Waals surface area (Å²) < 4.78 is 10.9. The minimum Gasteiger partial charge on any atom is -0.497 e. The topological polar surface area (TPSA) is 70.3 Å². The molecule has 0 unspecified atom stereocenters. The van der Waals surface area contributed by atoms with Gasteiger partial charge in [-0.25, -0.2) is 0 Å². The molecule has 2 aromatic heterocycles. The first-order valence-electron chi connectivity index (χ1n) is 6.50. The van der Waals surface area contributed by atoms with Gasteiger partial charge in [0.2, 0.25) is 0 Å². The lowest BCUT2D eigenvalue weighted by Crippen LogP contribution is -2.04. The van der Waals surface area contributed by atoms with Crippen LogP contribution >= 0.6 is 0 Å². The molecule has 5 heteroatoms. The lowest BCUT2D eigenvalue weighted by atomic mass is 10.2. The highest BCUT2D eigenvalue weighted by Gasteiger charge is 2.02. The highest BCUT2D eigenvalue weighted by molar-refractivity contribution is 5.27. The fraction of sp³-hybridized carbons (Fsp3) is 0.333. The van der Waals surface area contributed by atoms with Crippen molar-refractivity contribution in [2.75, 3.05) is 13.7 Å². The zero-order chi connectivity index (χ0) is 14.4. The number of pyridine rings is 2. The highest BCUT2D eigenvalue weighted by Crippen LogP contribution is 2.16. The highest BCUT2D eigenvalue weighted by atomic mass is 16.5. The maximum atomic E-state index is 5.67. The second-order valence-corrected chi connectivity index (χ2v) is 4.45. The van der Waals surface area contributed by atoms with Gasteiger partial charge in [0.1, 0.15) is 18.1 Å². The SMILES string of the molecule is COc1cc(C)nc(COc2ccc(CCN)nc2)c1. The van der Waals surface area contributed by atoms with Crippen LogP contribution in [0.25, 0.3) is 0 Å². The normalized spacial score (nSPS) is 10.3. The van der Waals surface area contributed by atoms with Crippen LogP contribution in [0.5, 0.6) is 11.5 Å². The Hall–Kier alpha value is -2.14. The zero-order valence-corrected chi connectivity index (χ0v) is 11.8. The predicted octanol–water partition coefficient (Wildman–Crippen LogP) is 1.87. The summed E-state index contributed by atoms with van der Waals surface area (Å²) in [7, 11) is 1.64. The molecule has 0 radical (unpaired) electrons. The van der Waals surface area contributed by atoms with Gasteiger partial charge in [-0.2, -0.15) is 0 Å². The van der Waals surface area contributed by atoms with Crippen molar-refractivity contribution in [1.82, 2.24) is 9.97 Å². The smallest absolute Gasteiger partial charge is 0.138 e. The van der Waals surface area contributed by atoms with Crippen LogP contribution < -0.4 is 15.2 Å². The number of aromatic nitrogens is 2. The maximum absolute atomic E-state index is 5.67. The van der Waals surface area contributed by atoms with Gasteiger partial charge in [0.15, 0.2) is 0 Å². The van der Waals surface area contributed by atoms with Crippen LogP contribution in [0, 0.1) is 6.92 Å². The number of aryl methyl sites for hydroxylation is 1. The molecule has 0 aliphatic carbocycles. The third-order valence-electron chi connectivity index (χ3n) is 2.80. The van der Waals surface area contributed by atoms with E-state index in [1.54, 1.807) is 13.3 Å². The van der Waals surface area contributed by atoms with Crippen LogP contribution in [-0.2, 0) is 13.0 Å². The van der Waals surface area contributed by atoms with Gasteiger partial charge in [0.25, 0.3) is 0 Å². The van der Waals surface area contributed by atoms with E-state index in [2.05, 4.69) is 9.97 Å². The standard InChI is InChI=1S/C15H19N3O2/c1-11-7-15(19-2)8-13(18-11)10-20-14-4-3-12(5-6-16)17-9-14/h3-4,7-9H,5-6,10,16H2,1-2H3. The van der Waals surface area contributed by atoms with E-state index in [4.69, 9.17) is 15.2 Å². The van der Waals surface area contributed by atoms with Gasteiger partial charge in [-0.1, -0.05) is 0 Å². The van der Waals surface area contributed by atoms with Crippen molar-refractivity contribution in [3.8, 4) is 11.5 Å². The summed E-state index contributed by atoms with van der Waals surface area (Å²) in [6.07, 6.45) is 2.48. The van der Waals surface area contributed by atoms with Crippen molar-refractivity contribution in [2.24, 2.45) is 5.73 Å². The summed E-state index contributed by atoms with van der Waals surface area (Å²) in [5.74, 6) is 1.50. The lowest BCUT2D eigenvalue weighted by molar-refractivity contribution is 0.298. The Labute approximate surface area is 118 Å². The Kier molecular flexibility index (Phi) is 4.90. The first kappa shape index (κ1) is 14.3. The molecular weight excluding hydrogens is 254 g/mol. The molecule has 20 heavy (non-hydrogen) atoms. The number of rotatable bonds is 6. The summed E-state index contributed by atoms with van der Waals surface area (Å²) in [6.45, 7) is 2.91. The molecule has 0 aliphatic heterocycles. The van der Waals surface area contributed by atoms with Crippen molar-refractivity contribution >= 4 is 0 Å². The van der Waals surface area contributed by atoms with Crippen molar-refractivity contribution in [1.29, 1.82) is 0 Å². The number of ether oxygens (including phenoxy) is 2. The summed E-state index contributed by atoms with van der Waals surface area (Å²) in [6, 6.07) is 7.56. The number of hydrogen-bond donors (Lipinski definition) is 1.